The number of fused-ring (bicyclic) bond motifs is 3. The summed E-state index contributed by atoms with van der Waals surface area (Å²) < 4.78 is 2.52. The summed E-state index contributed by atoms with van der Waals surface area (Å²) in [6, 6.07) is 9.23. The molecule has 0 bridgehead atoms. The third-order valence-electron chi connectivity index (χ3n) is 3.65. The molecule has 1 aromatic carbocycles. The molecule has 1 aliphatic rings. The highest BCUT2D eigenvalue weighted by Gasteiger charge is 2.30. The van der Waals surface area contributed by atoms with Crippen molar-refractivity contribution in [2.24, 2.45) is 4.99 Å². The molecule has 122 valence electrons. The van der Waals surface area contributed by atoms with Crippen LogP contribution in [0.15, 0.2) is 39.1 Å². The molecule has 0 amide bonds. The van der Waals surface area contributed by atoms with Gasteiger partial charge in [0.15, 0.2) is 11.6 Å². The molecule has 9 heteroatoms. The third-order valence-corrected chi connectivity index (χ3v) is 5.60. The summed E-state index contributed by atoms with van der Waals surface area (Å²) in [6.45, 7) is -0.296. The van der Waals surface area contributed by atoms with Gasteiger partial charge in [-0.2, -0.15) is 0 Å². The minimum Gasteiger partial charge on any atom is -0.388 e. The number of aliphatic imine (C=N–C) groups is 1. The third kappa shape index (κ3) is 2.42. The standard InChI is InChI=1S/C15H10BrClN4O2S/c16-10-5-8-12(7-3-1-2-4-9(7)17)18-14(23)13-20-19-11(6-22)21(13)15(8)24-10/h1-5,14,22-23H,6H2. The number of aromatic nitrogens is 3. The first kappa shape index (κ1) is 15.9. The SMILES string of the molecule is OCc1nnc2n1-c1sc(Br)cc1C(c1ccccc1Cl)=NC2O. The molecule has 2 N–H and O–H groups in total. The molecule has 0 aliphatic carbocycles. The van der Waals surface area contributed by atoms with E-state index in [4.69, 9.17) is 11.6 Å². The lowest BCUT2D eigenvalue weighted by atomic mass is 10.0. The molecule has 3 aromatic rings. The largest absolute Gasteiger partial charge is 0.388 e. The van der Waals surface area contributed by atoms with Gasteiger partial charge in [0.25, 0.3) is 0 Å². The van der Waals surface area contributed by atoms with Gasteiger partial charge in [0.1, 0.15) is 11.6 Å². The number of aliphatic hydroxyl groups excluding tert-OH is 2. The highest BCUT2D eigenvalue weighted by molar-refractivity contribution is 9.11. The topological polar surface area (TPSA) is 83.5 Å². The van der Waals surface area contributed by atoms with E-state index in [0.29, 0.717) is 22.1 Å². The van der Waals surface area contributed by atoms with Gasteiger partial charge in [0.2, 0.25) is 6.23 Å². The van der Waals surface area contributed by atoms with Gasteiger partial charge in [-0.1, -0.05) is 29.8 Å². The van der Waals surface area contributed by atoms with Crippen molar-refractivity contribution in [1.29, 1.82) is 0 Å². The zero-order chi connectivity index (χ0) is 16.8. The maximum Gasteiger partial charge on any atom is 0.207 e. The molecule has 0 saturated carbocycles. The Morgan fingerprint density at radius 1 is 1.25 bits per heavy atom. The van der Waals surface area contributed by atoms with Crippen LogP contribution in [0.2, 0.25) is 5.02 Å². The maximum atomic E-state index is 10.5. The number of hydrogen-bond donors (Lipinski definition) is 2. The molecule has 0 spiro atoms. The summed E-state index contributed by atoms with van der Waals surface area (Å²) in [7, 11) is 0. The van der Waals surface area contributed by atoms with Gasteiger partial charge in [-0.3, -0.25) is 4.57 Å². The van der Waals surface area contributed by atoms with E-state index >= 15 is 0 Å². The molecular weight excluding hydrogens is 416 g/mol. The number of rotatable bonds is 2. The summed E-state index contributed by atoms with van der Waals surface area (Å²) >= 11 is 11.3. The van der Waals surface area contributed by atoms with E-state index in [1.165, 1.54) is 11.3 Å². The van der Waals surface area contributed by atoms with Gasteiger partial charge in [-0.05, 0) is 28.1 Å². The summed E-state index contributed by atoms with van der Waals surface area (Å²) in [5.74, 6) is 0.604. The predicted molar refractivity (Wildman–Crippen MR) is 94.9 cm³/mol. The second-order valence-electron chi connectivity index (χ2n) is 5.07. The van der Waals surface area contributed by atoms with Crippen LogP contribution in [0.25, 0.3) is 5.00 Å². The van der Waals surface area contributed by atoms with Crippen molar-refractivity contribution in [3.8, 4) is 5.00 Å². The number of benzene rings is 1. The molecule has 1 unspecified atom stereocenters. The van der Waals surface area contributed by atoms with Crippen LogP contribution in [0.3, 0.4) is 0 Å². The number of halogens is 2. The van der Waals surface area contributed by atoms with Gasteiger partial charge in [-0.25, -0.2) is 4.99 Å². The van der Waals surface area contributed by atoms with Crippen molar-refractivity contribution in [1.82, 2.24) is 14.8 Å². The lowest BCUT2D eigenvalue weighted by molar-refractivity contribution is 0.176. The molecule has 0 radical (unpaired) electrons. The average Bonchev–Trinajstić information content (AvgIpc) is 3.13. The van der Waals surface area contributed by atoms with Crippen LogP contribution < -0.4 is 0 Å². The van der Waals surface area contributed by atoms with Crippen LogP contribution in [0.4, 0.5) is 0 Å². The van der Waals surface area contributed by atoms with Gasteiger partial charge in [0, 0.05) is 16.1 Å². The normalized spacial score (nSPS) is 16.3. The van der Waals surface area contributed by atoms with E-state index in [1.807, 2.05) is 24.3 Å². The van der Waals surface area contributed by atoms with Crippen LogP contribution >= 0.6 is 38.9 Å². The van der Waals surface area contributed by atoms with Crippen molar-refractivity contribution in [2.75, 3.05) is 0 Å². The fourth-order valence-corrected chi connectivity index (χ4v) is 4.46. The molecule has 0 saturated heterocycles. The Balaban J connectivity index is 2.03. The highest BCUT2D eigenvalue weighted by Crippen LogP contribution is 2.38. The van der Waals surface area contributed by atoms with Gasteiger partial charge in [0.05, 0.1) is 9.50 Å². The summed E-state index contributed by atoms with van der Waals surface area (Å²) in [4.78, 5) is 4.42. The first-order chi connectivity index (χ1) is 11.6. The highest BCUT2D eigenvalue weighted by atomic mass is 79.9. The number of thiophene rings is 1. The molecule has 0 fully saturated rings. The molecule has 1 aliphatic heterocycles. The zero-order valence-corrected chi connectivity index (χ0v) is 15.2. The Hall–Kier alpha value is -1.58. The average molecular weight is 426 g/mol. The molecule has 1 atom stereocenters. The Morgan fingerprint density at radius 2 is 2.04 bits per heavy atom. The van der Waals surface area contributed by atoms with Gasteiger partial charge < -0.3 is 10.2 Å². The molecule has 3 heterocycles. The summed E-state index contributed by atoms with van der Waals surface area (Å²) in [5, 5.41) is 29.3. The van der Waals surface area contributed by atoms with E-state index in [-0.39, 0.29) is 12.4 Å². The lowest BCUT2D eigenvalue weighted by Crippen LogP contribution is -2.07. The van der Waals surface area contributed by atoms with E-state index < -0.39 is 6.23 Å². The van der Waals surface area contributed by atoms with Crippen LogP contribution in [-0.2, 0) is 6.61 Å². The minimum absolute atomic E-state index is 0.261. The molecule has 4 rings (SSSR count). The number of hydrogen-bond acceptors (Lipinski definition) is 6. The van der Waals surface area contributed by atoms with Crippen LogP contribution in [0.5, 0.6) is 0 Å². The number of nitrogens with zero attached hydrogens (tertiary/aromatic N) is 4. The van der Waals surface area contributed by atoms with Crippen LogP contribution in [0.1, 0.15) is 29.0 Å². The van der Waals surface area contributed by atoms with E-state index in [0.717, 1.165) is 14.4 Å². The van der Waals surface area contributed by atoms with Crippen molar-refractivity contribution in [3.05, 3.63) is 61.9 Å². The quantitative estimate of drug-likeness (QED) is 0.661. The summed E-state index contributed by atoms with van der Waals surface area (Å²) in [5.41, 5.74) is 2.07. The van der Waals surface area contributed by atoms with E-state index in [1.54, 1.807) is 10.6 Å². The molecule has 6 nitrogen and oxygen atoms in total. The van der Waals surface area contributed by atoms with E-state index in [9.17, 15) is 10.2 Å². The Morgan fingerprint density at radius 3 is 2.79 bits per heavy atom. The van der Waals surface area contributed by atoms with E-state index in [2.05, 4.69) is 31.1 Å². The maximum absolute atomic E-state index is 10.5. The van der Waals surface area contributed by atoms with Crippen LogP contribution in [0, 0.1) is 0 Å². The van der Waals surface area contributed by atoms with Gasteiger partial charge in [-0.15, -0.1) is 21.5 Å². The zero-order valence-electron chi connectivity index (χ0n) is 12.0. The Labute approximate surface area is 154 Å². The Kier molecular flexibility index (Phi) is 4.01. The smallest absolute Gasteiger partial charge is 0.207 e. The van der Waals surface area contributed by atoms with Gasteiger partial charge >= 0.3 is 0 Å². The number of aliphatic hydroxyl groups is 2. The second kappa shape index (κ2) is 6.05. The van der Waals surface area contributed by atoms with Crippen molar-refractivity contribution in [2.45, 2.75) is 12.8 Å². The van der Waals surface area contributed by atoms with Crippen molar-refractivity contribution in [3.63, 3.8) is 0 Å². The fraction of sp³-hybridized carbons (Fsp3) is 0.133. The van der Waals surface area contributed by atoms with Crippen molar-refractivity contribution >= 4 is 44.6 Å². The molecular formula is C15H10BrClN4O2S. The summed E-state index contributed by atoms with van der Waals surface area (Å²) in [6.07, 6.45) is -1.21. The minimum atomic E-state index is -1.21. The lowest BCUT2D eigenvalue weighted by Gasteiger charge is -2.08. The molecule has 24 heavy (non-hydrogen) atoms. The second-order valence-corrected chi connectivity index (χ2v) is 7.89. The first-order valence-corrected chi connectivity index (χ1v) is 8.94. The van der Waals surface area contributed by atoms with Crippen LogP contribution in [-0.4, -0.2) is 30.7 Å². The Bertz CT molecular complexity index is 968. The van der Waals surface area contributed by atoms with Crippen molar-refractivity contribution < 1.29 is 10.2 Å². The fourth-order valence-electron chi connectivity index (χ4n) is 2.63. The predicted octanol–water partition coefficient (Wildman–Crippen LogP) is 3.08. The monoisotopic (exact) mass is 424 g/mol. The molecule has 2 aromatic heterocycles. The first-order valence-electron chi connectivity index (χ1n) is 6.96.